The van der Waals surface area contributed by atoms with Crippen molar-refractivity contribution in [1.82, 2.24) is 10.2 Å². The highest BCUT2D eigenvalue weighted by Gasteiger charge is 2.36. The summed E-state index contributed by atoms with van der Waals surface area (Å²) in [4.78, 5) is 14.5. The summed E-state index contributed by atoms with van der Waals surface area (Å²) in [5.74, 6) is -0.171. The molecule has 120 valence electrons. The van der Waals surface area contributed by atoms with E-state index in [0.29, 0.717) is 18.9 Å². The van der Waals surface area contributed by atoms with Crippen LogP contribution in [0.2, 0.25) is 0 Å². The molecule has 1 amide bonds. The van der Waals surface area contributed by atoms with Crippen LogP contribution in [0.1, 0.15) is 25.3 Å². The number of hydrogen-bond donors (Lipinski definition) is 1. The Morgan fingerprint density at radius 3 is 2.91 bits per heavy atom. The van der Waals surface area contributed by atoms with Crippen molar-refractivity contribution in [3.05, 3.63) is 35.6 Å². The van der Waals surface area contributed by atoms with Crippen LogP contribution < -0.4 is 5.32 Å². The molecule has 1 aromatic carbocycles. The predicted octanol–water partition coefficient (Wildman–Crippen LogP) is 1.74. The Kier molecular flexibility index (Phi) is 4.74. The number of fused-ring (bicyclic) bond motifs is 1. The summed E-state index contributed by atoms with van der Waals surface area (Å²) in [5.41, 5.74) is 0.989. The van der Waals surface area contributed by atoms with Crippen LogP contribution in [-0.2, 0) is 16.0 Å². The van der Waals surface area contributed by atoms with E-state index in [-0.39, 0.29) is 23.9 Å². The Morgan fingerprint density at radius 1 is 1.36 bits per heavy atom. The molecule has 0 radical (unpaired) electrons. The van der Waals surface area contributed by atoms with E-state index in [4.69, 9.17) is 4.74 Å². The fraction of sp³-hybridized carbons (Fsp3) is 0.588. The van der Waals surface area contributed by atoms with E-state index in [2.05, 4.69) is 17.1 Å². The van der Waals surface area contributed by atoms with Crippen LogP contribution in [0.15, 0.2) is 24.3 Å². The minimum Gasteiger partial charge on any atom is -0.376 e. The fourth-order valence-electron chi connectivity index (χ4n) is 3.35. The molecule has 3 atom stereocenters. The van der Waals surface area contributed by atoms with Gasteiger partial charge < -0.3 is 10.1 Å². The summed E-state index contributed by atoms with van der Waals surface area (Å²) >= 11 is 0. The standard InChI is InChI=1S/C17H23FN2O2/c1-12-9-20-10-15(8-16(20)11-22-12)19-17(21)7-4-13-2-5-14(18)6-3-13/h2-3,5-6,12,15-16H,4,7-11H2,1H3,(H,19,21)/t12-,15-,16-/m0/s1. The maximum Gasteiger partial charge on any atom is 0.220 e. The summed E-state index contributed by atoms with van der Waals surface area (Å²) in [7, 11) is 0. The summed E-state index contributed by atoms with van der Waals surface area (Å²) in [6.07, 6.45) is 2.34. The normalized spacial score (nSPS) is 28.4. The Labute approximate surface area is 130 Å². The number of hydrogen-bond acceptors (Lipinski definition) is 3. The predicted molar refractivity (Wildman–Crippen MR) is 82.0 cm³/mol. The summed E-state index contributed by atoms with van der Waals surface area (Å²) in [6, 6.07) is 7.00. The Balaban J connectivity index is 1.43. The highest BCUT2D eigenvalue weighted by Crippen LogP contribution is 2.23. The first-order valence-electron chi connectivity index (χ1n) is 7.99. The second-order valence-electron chi connectivity index (χ2n) is 6.38. The molecule has 2 fully saturated rings. The van der Waals surface area contributed by atoms with Crippen molar-refractivity contribution in [1.29, 1.82) is 0 Å². The second kappa shape index (κ2) is 6.75. The molecule has 0 aliphatic carbocycles. The number of carbonyl (C=O) groups is 1. The van der Waals surface area contributed by atoms with Crippen LogP contribution in [-0.4, -0.2) is 48.7 Å². The maximum atomic E-state index is 12.8. The molecule has 0 spiro atoms. The highest BCUT2D eigenvalue weighted by atomic mass is 19.1. The summed E-state index contributed by atoms with van der Waals surface area (Å²) in [6.45, 7) is 4.72. The van der Waals surface area contributed by atoms with Crippen LogP contribution in [0.25, 0.3) is 0 Å². The van der Waals surface area contributed by atoms with Gasteiger partial charge in [-0.2, -0.15) is 0 Å². The third-order valence-corrected chi connectivity index (χ3v) is 4.51. The number of morpholine rings is 1. The zero-order valence-corrected chi connectivity index (χ0v) is 12.9. The molecule has 2 aliphatic heterocycles. The first kappa shape index (κ1) is 15.4. The molecule has 0 saturated carbocycles. The number of nitrogens with zero attached hydrogens (tertiary/aromatic N) is 1. The second-order valence-corrected chi connectivity index (χ2v) is 6.38. The lowest BCUT2D eigenvalue weighted by Crippen LogP contribution is -2.45. The van der Waals surface area contributed by atoms with Crippen molar-refractivity contribution >= 4 is 5.91 Å². The van der Waals surface area contributed by atoms with Gasteiger partial charge in [-0.25, -0.2) is 4.39 Å². The third-order valence-electron chi connectivity index (χ3n) is 4.51. The third kappa shape index (κ3) is 3.84. The van der Waals surface area contributed by atoms with E-state index >= 15 is 0 Å². The van der Waals surface area contributed by atoms with Gasteiger partial charge >= 0.3 is 0 Å². The van der Waals surface area contributed by atoms with Gasteiger partial charge in [0.15, 0.2) is 0 Å². The Morgan fingerprint density at radius 2 is 2.14 bits per heavy atom. The smallest absolute Gasteiger partial charge is 0.220 e. The molecular weight excluding hydrogens is 283 g/mol. The lowest BCUT2D eigenvalue weighted by molar-refractivity contribution is -0.121. The molecule has 5 heteroatoms. The molecule has 2 aliphatic rings. The van der Waals surface area contributed by atoms with Gasteiger partial charge in [-0.1, -0.05) is 12.1 Å². The lowest BCUT2D eigenvalue weighted by atomic mass is 10.1. The van der Waals surface area contributed by atoms with Crippen LogP contribution in [0.4, 0.5) is 4.39 Å². The van der Waals surface area contributed by atoms with Gasteiger partial charge in [0.2, 0.25) is 5.91 Å². The van der Waals surface area contributed by atoms with Gasteiger partial charge in [-0.05, 0) is 37.5 Å². The molecule has 22 heavy (non-hydrogen) atoms. The molecule has 0 unspecified atom stereocenters. The largest absolute Gasteiger partial charge is 0.376 e. The fourth-order valence-corrected chi connectivity index (χ4v) is 3.35. The molecule has 3 rings (SSSR count). The first-order valence-corrected chi connectivity index (χ1v) is 7.99. The van der Waals surface area contributed by atoms with Crippen molar-refractivity contribution < 1.29 is 13.9 Å². The van der Waals surface area contributed by atoms with E-state index in [1.165, 1.54) is 12.1 Å². The number of aryl methyl sites for hydroxylation is 1. The van der Waals surface area contributed by atoms with E-state index in [0.717, 1.165) is 31.7 Å². The zero-order valence-electron chi connectivity index (χ0n) is 12.9. The number of nitrogens with one attached hydrogen (secondary N) is 1. The average Bonchev–Trinajstić information content (AvgIpc) is 2.88. The van der Waals surface area contributed by atoms with Gasteiger partial charge in [0.1, 0.15) is 5.82 Å². The Bertz CT molecular complexity index is 520. The van der Waals surface area contributed by atoms with E-state index < -0.39 is 0 Å². The number of benzene rings is 1. The van der Waals surface area contributed by atoms with Crippen molar-refractivity contribution in [2.24, 2.45) is 0 Å². The SMILES string of the molecule is C[C@H]1CN2C[C@@H](NC(=O)CCc3ccc(F)cc3)C[C@H]2CO1. The van der Waals surface area contributed by atoms with Crippen molar-refractivity contribution in [2.75, 3.05) is 19.7 Å². The maximum absolute atomic E-state index is 12.8. The van der Waals surface area contributed by atoms with Crippen molar-refractivity contribution in [3.8, 4) is 0 Å². The molecular formula is C17H23FN2O2. The van der Waals surface area contributed by atoms with E-state index in [9.17, 15) is 9.18 Å². The summed E-state index contributed by atoms with van der Waals surface area (Å²) in [5, 5.41) is 3.12. The van der Waals surface area contributed by atoms with Crippen molar-refractivity contribution in [2.45, 2.75) is 44.4 Å². The van der Waals surface area contributed by atoms with Crippen LogP contribution in [0, 0.1) is 5.82 Å². The molecule has 2 saturated heterocycles. The molecule has 4 nitrogen and oxygen atoms in total. The van der Waals surface area contributed by atoms with Crippen molar-refractivity contribution in [3.63, 3.8) is 0 Å². The Hall–Kier alpha value is -1.46. The molecule has 2 heterocycles. The van der Waals surface area contributed by atoms with Crippen LogP contribution >= 0.6 is 0 Å². The van der Waals surface area contributed by atoms with E-state index in [1.807, 2.05) is 0 Å². The van der Waals surface area contributed by atoms with Gasteiger partial charge in [0.25, 0.3) is 0 Å². The topological polar surface area (TPSA) is 41.6 Å². The number of rotatable bonds is 4. The monoisotopic (exact) mass is 306 g/mol. The number of carbonyl (C=O) groups excluding carboxylic acids is 1. The minimum absolute atomic E-state index is 0.0724. The molecule has 1 N–H and O–H groups in total. The van der Waals surface area contributed by atoms with Gasteiger partial charge in [-0.3, -0.25) is 9.69 Å². The average molecular weight is 306 g/mol. The van der Waals surface area contributed by atoms with E-state index in [1.54, 1.807) is 12.1 Å². The quantitative estimate of drug-likeness (QED) is 0.921. The first-order chi connectivity index (χ1) is 10.6. The molecule has 0 bridgehead atoms. The van der Waals surface area contributed by atoms with Gasteiger partial charge in [0.05, 0.1) is 12.7 Å². The number of halogens is 1. The number of amides is 1. The van der Waals surface area contributed by atoms with Crippen LogP contribution in [0.5, 0.6) is 0 Å². The number of ether oxygens (including phenoxy) is 1. The van der Waals surface area contributed by atoms with Crippen LogP contribution in [0.3, 0.4) is 0 Å². The lowest BCUT2D eigenvalue weighted by Gasteiger charge is -2.33. The zero-order chi connectivity index (χ0) is 15.5. The minimum atomic E-state index is -0.243. The van der Waals surface area contributed by atoms with Gasteiger partial charge in [0, 0.05) is 31.6 Å². The molecule has 1 aromatic rings. The van der Waals surface area contributed by atoms with Gasteiger partial charge in [-0.15, -0.1) is 0 Å². The summed E-state index contributed by atoms with van der Waals surface area (Å²) < 4.78 is 18.5. The highest BCUT2D eigenvalue weighted by molar-refractivity contribution is 5.76. The molecule has 0 aromatic heterocycles.